The molecule has 0 heterocycles. The number of aryl methyl sites for hydroxylation is 1. The van der Waals surface area contributed by atoms with E-state index in [1.165, 1.54) is 102 Å². The molecule has 2 saturated carbocycles. The molecule has 0 amide bonds. The molecule has 3 heteroatoms. The number of benzene rings is 1. The van der Waals surface area contributed by atoms with Gasteiger partial charge in [-0.25, -0.2) is 8.78 Å². The molecule has 0 spiro atoms. The summed E-state index contributed by atoms with van der Waals surface area (Å²) < 4.78 is 27.6. The zero-order chi connectivity index (χ0) is 22.8. The predicted molar refractivity (Wildman–Crippen MR) is 128 cm³/mol. The van der Waals surface area contributed by atoms with Crippen LogP contribution in [0.3, 0.4) is 0 Å². The number of allylic oxidation sites excluding steroid dienone is 1. The van der Waals surface area contributed by atoms with E-state index < -0.39 is 17.2 Å². The summed E-state index contributed by atoms with van der Waals surface area (Å²) in [5.41, 5.74) is 0.212. The van der Waals surface area contributed by atoms with Gasteiger partial charge in [-0.2, -0.15) is 5.26 Å². The van der Waals surface area contributed by atoms with E-state index in [4.69, 9.17) is 5.26 Å². The average molecular weight is 442 g/mol. The Balaban J connectivity index is 1.28. The van der Waals surface area contributed by atoms with Crippen molar-refractivity contribution in [2.45, 2.75) is 103 Å². The lowest BCUT2D eigenvalue weighted by molar-refractivity contribution is 0.208. The van der Waals surface area contributed by atoms with E-state index in [0.717, 1.165) is 24.2 Å². The van der Waals surface area contributed by atoms with Gasteiger partial charge in [0.2, 0.25) is 0 Å². The number of hydrogen-bond donors (Lipinski definition) is 0. The lowest BCUT2D eigenvalue weighted by Gasteiger charge is -2.32. The van der Waals surface area contributed by atoms with Crippen molar-refractivity contribution in [3.8, 4) is 6.07 Å². The standard InChI is InChI=1S/C29H41F2N/c1-2-3-4-5-6-22-7-9-23(10-8-22)11-12-24-13-15-25(16-14-24)17-18-26-19-28(30)27(21-32)29(31)20-26/h2,19-20,22-25H,1,3-18H2. The van der Waals surface area contributed by atoms with Crippen molar-refractivity contribution in [2.24, 2.45) is 23.7 Å². The summed E-state index contributed by atoms with van der Waals surface area (Å²) in [6, 6.07) is 4.27. The van der Waals surface area contributed by atoms with E-state index >= 15 is 0 Å². The normalized spacial score (nSPS) is 25.9. The number of nitriles is 1. The molecule has 0 atom stereocenters. The minimum absolute atomic E-state index is 0.466. The molecule has 0 bridgehead atoms. The Morgan fingerprint density at radius 1 is 0.781 bits per heavy atom. The average Bonchev–Trinajstić information content (AvgIpc) is 2.80. The molecule has 1 aromatic carbocycles. The quantitative estimate of drug-likeness (QED) is 0.248. The second-order valence-electron chi connectivity index (χ2n) is 10.5. The second kappa shape index (κ2) is 13.1. The first-order valence-corrected chi connectivity index (χ1v) is 13.1. The van der Waals surface area contributed by atoms with Crippen molar-refractivity contribution in [1.82, 2.24) is 0 Å². The third kappa shape index (κ3) is 7.72. The van der Waals surface area contributed by atoms with E-state index in [-0.39, 0.29) is 0 Å². The van der Waals surface area contributed by atoms with Crippen LogP contribution < -0.4 is 0 Å². The van der Waals surface area contributed by atoms with Gasteiger partial charge in [-0.1, -0.05) is 83.1 Å². The summed E-state index contributed by atoms with van der Waals surface area (Å²) in [5, 5.41) is 8.80. The molecular formula is C29H41F2N. The third-order valence-electron chi connectivity index (χ3n) is 8.24. The van der Waals surface area contributed by atoms with Gasteiger partial charge < -0.3 is 0 Å². The van der Waals surface area contributed by atoms with Crippen LogP contribution in [-0.2, 0) is 6.42 Å². The summed E-state index contributed by atoms with van der Waals surface area (Å²) in [4.78, 5) is 0. The molecule has 2 aliphatic carbocycles. The Bertz CT molecular complexity index is 726. The van der Waals surface area contributed by atoms with Crippen molar-refractivity contribution in [1.29, 1.82) is 5.26 Å². The van der Waals surface area contributed by atoms with Crippen molar-refractivity contribution in [3.63, 3.8) is 0 Å². The third-order valence-corrected chi connectivity index (χ3v) is 8.24. The number of nitrogens with zero attached hydrogens (tertiary/aromatic N) is 1. The Hall–Kier alpha value is -1.69. The van der Waals surface area contributed by atoms with Crippen molar-refractivity contribution in [2.75, 3.05) is 0 Å². The minimum Gasteiger partial charge on any atom is -0.205 e. The maximum absolute atomic E-state index is 13.8. The van der Waals surface area contributed by atoms with Crippen LogP contribution in [0, 0.1) is 46.6 Å². The lowest BCUT2D eigenvalue weighted by Crippen LogP contribution is -2.18. The first-order valence-electron chi connectivity index (χ1n) is 13.1. The Morgan fingerprint density at radius 2 is 1.25 bits per heavy atom. The Labute approximate surface area is 194 Å². The largest absolute Gasteiger partial charge is 0.205 e. The van der Waals surface area contributed by atoms with E-state index in [1.54, 1.807) is 6.07 Å². The summed E-state index contributed by atoms with van der Waals surface area (Å²) >= 11 is 0. The highest BCUT2D eigenvalue weighted by Crippen LogP contribution is 2.38. The molecule has 32 heavy (non-hydrogen) atoms. The van der Waals surface area contributed by atoms with Crippen LogP contribution in [-0.4, -0.2) is 0 Å². The van der Waals surface area contributed by atoms with Crippen molar-refractivity contribution >= 4 is 0 Å². The highest BCUT2D eigenvalue weighted by Gasteiger charge is 2.25. The van der Waals surface area contributed by atoms with E-state index in [2.05, 4.69) is 6.58 Å². The fraction of sp³-hybridized carbons (Fsp3) is 0.690. The predicted octanol–water partition coefficient (Wildman–Crippen LogP) is 8.91. The van der Waals surface area contributed by atoms with Gasteiger partial charge in [0.15, 0.2) is 0 Å². The van der Waals surface area contributed by atoms with Crippen molar-refractivity contribution < 1.29 is 8.78 Å². The fourth-order valence-corrected chi connectivity index (χ4v) is 6.06. The smallest absolute Gasteiger partial charge is 0.144 e. The molecular weight excluding hydrogens is 400 g/mol. The molecule has 176 valence electrons. The molecule has 1 nitrogen and oxygen atoms in total. The maximum Gasteiger partial charge on any atom is 0.144 e. The van der Waals surface area contributed by atoms with E-state index in [9.17, 15) is 8.78 Å². The number of halogens is 2. The SMILES string of the molecule is C=CCCCCC1CCC(CCC2CCC(CCc3cc(F)c(C#N)c(F)c3)CC2)CC1. The highest BCUT2D eigenvalue weighted by atomic mass is 19.1. The summed E-state index contributed by atoms with van der Waals surface area (Å²) in [5.74, 6) is 2.03. The van der Waals surface area contributed by atoms with Crippen LogP contribution >= 0.6 is 0 Å². The maximum atomic E-state index is 13.8. The molecule has 2 aliphatic rings. The van der Waals surface area contributed by atoms with Crippen LogP contribution in [0.25, 0.3) is 0 Å². The number of unbranched alkanes of at least 4 members (excludes halogenated alkanes) is 2. The first kappa shape index (κ1) is 24.9. The van der Waals surface area contributed by atoms with Gasteiger partial charge in [-0.3, -0.25) is 0 Å². The van der Waals surface area contributed by atoms with Gasteiger partial charge in [0.05, 0.1) is 0 Å². The van der Waals surface area contributed by atoms with Crippen LogP contribution in [0.4, 0.5) is 8.78 Å². The van der Waals surface area contributed by atoms with Gasteiger partial charge in [0.1, 0.15) is 23.3 Å². The van der Waals surface area contributed by atoms with Crippen LogP contribution in [0.2, 0.25) is 0 Å². The van der Waals surface area contributed by atoms with Crippen molar-refractivity contribution in [3.05, 3.63) is 47.5 Å². The van der Waals surface area contributed by atoms with Gasteiger partial charge in [-0.05, 0) is 67.1 Å². The summed E-state index contributed by atoms with van der Waals surface area (Å²) in [6.07, 6.45) is 22.8. The molecule has 0 aliphatic heterocycles. The molecule has 2 fully saturated rings. The fourth-order valence-electron chi connectivity index (χ4n) is 6.06. The molecule has 0 saturated heterocycles. The highest BCUT2D eigenvalue weighted by molar-refractivity contribution is 5.35. The minimum atomic E-state index is -0.729. The second-order valence-corrected chi connectivity index (χ2v) is 10.5. The van der Waals surface area contributed by atoms with Gasteiger partial charge in [0.25, 0.3) is 0 Å². The van der Waals surface area contributed by atoms with Crippen LogP contribution in [0.15, 0.2) is 24.8 Å². The zero-order valence-corrected chi connectivity index (χ0v) is 19.8. The van der Waals surface area contributed by atoms with Gasteiger partial charge in [0, 0.05) is 0 Å². The first-order chi connectivity index (χ1) is 15.6. The van der Waals surface area contributed by atoms with Gasteiger partial charge >= 0.3 is 0 Å². The monoisotopic (exact) mass is 441 g/mol. The Morgan fingerprint density at radius 3 is 1.72 bits per heavy atom. The lowest BCUT2D eigenvalue weighted by atomic mass is 9.74. The van der Waals surface area contributed by atoms with E-state index in [0.29, 0.717) is 17.9 Å². The van der Waals surface area contributed by atoms with Crippen LogP contribution in [0.1, 0.15) is 107 Å². The molecule has 0 N–H and O–H groups in total. The molecule has 0 radical (unpaired) electrons. The molecule has 3 rings (SSSR count). The topological polar surface area (TPSA) is 23.8 Å². The van der Waals surface area contributed by atoms with Gasteiger partial charge in [-0.15, -0.1) is 6.58 Å². The molecule has 0 aromatic heterocycles. The number of hydrogen-bond acceptors (Lipinski definition) is 1. The summed E-state index contributed by atoms with van der Waals surface area (Å²) in [6.45, 7) is 3.82. The molecule has 1 aromatic rings. The van der Waals surface area contributed by atoms with Crippen LogP contribution in [0.5, 0.6) is 0 Å². The van der Waals surface area contributed by atoms with E-state index in [1.807, 2.05) is 6.08 Å². The number of rotatable bonds is 11. The summed E-state index contributed by atoms with van der Waals surface area (Å²) in [7, 11) is 0. The Kier molecular flexibility index (Phi) is 10.2. The zero-order valence-electron chi connectivity index (χ0n) is 19.8. The molecule has 0 unspecified atom stereocenters.